The van der Waals surface area contributed by atoms with Crippen molar-refractivity contribution in [3.05, 3.63) is 23.9 Å². The number of hydrogen-bond donors (Lipinski definition) is 1. The summed E-state index contributed by atoms with van der Waals surface area (Å²) in [5.74, 6) is 0.712. The third-order valence-corrected chi connectivity index (χ3v) is 4.85. The van der Waals surface area contributed by atoms with Crippen LogP contribution in [0.4, 0.5) is 0 Å². The smallest absolute Gasteiger partial charge is 0.217 e. The summed E-state index contributed by atoms with van der Waals surface area (Å²) in [5.41, 5.74) is 0.918. The van der Waals surface area contributed by atoms with Gasteiger partial charge in [0.05, 0.1) is 18.1 Å². The highest BCUT2D eigenvalue weighted by atomic mass is 32.2. The average Bonchev–Trinajstić information content (AvgIpc) is 2.35. The van der Waals surface area contributed by atoms with Crippen LogP contribution in [0.25, 0.3) is 0 Å². The number of ether oxygens (including phenoxy) is 1. The fourth-order valence-corrected chi connectivity index (χ4v) is 2.32. The lowest BCUT2D eigenvalue weighted by Gasteiger charge is -2.10. The van der Waals surface area contributed by atoms with E-state index in [1.54, 1.807) is 27.2 Å². The summed E-state index contributed by atoms with van der Waals surface area (Å²) in [7, 11) is -1.41. The van der Waals surface area contributed by atoms with Gasteiger partial charge in [-0.25, -0.2) is 13.4 Å². The zero-order chi connectivity index (χ0) is 13.6. The first-order valence-electron chi connectivity index (χ1n) is 5.87. The Morgan fingerprint density at radius 2 is 2.17 bits per heavy atom. The van der Waals surface area contributed by atoms with Crippen molar-refractivity contribution in [2.45, 2.75) is 25.6 Å². The van der Waals surface area contributed by atoms with Crippen LogP contribution in [0.1, 0.15) is 19.4 Å². The molecule has 1 rings (SSSR count). The van der Waals surface area contributed by atoms with Crippen LogP contribution in [0.2, 0.25) is 0 Å². The second kappa shape index (κ2) is 6.70. The summed E-state index contributed by atoms with van der Waals surface area (Å²) in [4.78, 5) is 4.07. The maximum Gasteiger partial charge on any atom is 0.217 e. The molecule has 0 spiro atoms. The van der Waals surface area contributed by atoms with Crippen LogP contribution in [0.3, 0.4) is 0 Å². The molecule has 5 nitrogen and oxygen atoms in total. The van der Waals surface area contributed by atoms with E-state index in [0.717, 1.165) is 5.56 Å². The molecular weight excluding hydrogens is 252 g/mol. The number of hydrogen-bond acceptors (Lipinski definition) is 5. The molecule has 0 aromatic carbocycles. The van der Waals surface area contributed by atoms with Gasteiger partial charge in [0.15, 0.2) is 9.84 Å². The van der Waals surface area contributed by atoms with Gasteiger partial charge in [-0.05, 0) is 19.9 Å². The molecule has 1 aromatic heterocycles. The van der Waals surface area contributed by atoms with Gasteiger partial charge in [-0.3, -0.25) is 0 Å². The molecule has 1 heterocycles. The summed E-state index contributed by atoms with van der Waals surface area (Å²) in [5, 5.41) is 2.76. The summed E-state index contributed by atoms with van der Waals surface area (Å²) in [6.07, 6.45) is 1.66. The van der Waals surface area contributed by atoms with Gasteiger partial charge in [-0.2, -0.15) is 0 Å². The van der Waals surface area contributed by atoms with Crippen LogP contribution >= 0.6 is 0 Å². The predicted octanol–water partition coefficient (Wildman–Crippen LogP) is 1.00. The Morgan fingerprint density at radius 3 is 2.78 bits per heavy atom. The minimum absolute atomic E-state index is 0.146. The zero-order valence-electron chi connectivity index (χ0n) is 11.0. The second-order valence-electron chi connectivity index (χ2n) is 4.26. The number of rotatable bonds is 7. The van der Waals surface area contributed by atoms with E-state index in [9.17, 15) is 8.42 Å². The van der Waals surface area contributed by atoms with Crippen LogP contribution in [0.15, 0.2) is 18.3 Å². The van der Waals surface area contributed by atoms with Crippen LogP contribution in [-0.4, -0.2) is 38.1 Å². The van der Waals surface area contributed by atoms with E-state index < -0.39 is 9.84 Å². The van der Waals surface area contributed by atoms with Crippen molar-refractivity contribution in [3.63, 3.8) is 0 Å². The van der Waals surface area contributed by atoms with Gasteiger partial charge in [0.2, 0.25) is 5.88 Å². The minimum atomic E-state index is -2.98. The quantitative estimate of drug-likeness (QED) is 0.750. The van der Waals surface area contributed by atoms with Crippen molar-refractivity contribution in [2.24, 2.45) is 0 Å². The first-order valence-corrected chi connectivity index (χ1v) is 7.59. The maximum atomic E-state index is 11.6. The minimum Gasteiger partial charge on any atom is -0.481 e. The highest BCUT2D eigenvalue weighted by molar-refractivity contribution is 7.92. The molecule has 1 N–H and O–H groups in total. The molecule has 0 atom stereocenters. The number of pyridine rings is 1. The van der Waals surface area contributed by atoms with Gasteiger partial charge in [-0.15, -0.1) is 0 Å². The van der Waals surface area contributed by atoms with E-state index in [1.807, 2.05) is 12.1 Å². The standard InChI is InChI=1S/C12H20N2O3S/c1-10(2)18(15,16)8-7-13-9-11-5-4-6-14-12(11)17-3/h4-6,10,13H,7-9H2,1-3H3. The highest BCUT2D eigenvalue weighted by Crippen LogP contribution is 2.12. The van der Waals surface area contributed by atoms with Crippen molar-refractivity contribution in [2.75, 3.05) is 19.4 Å². The van der Waals surface area contributed by atoms with Gasteiger partial charge in [-0.1, -0.05) is 6.07 Å². The Balaban J connectivity index is 2.43. The van der Waals surface area contributed by atoms with E-state index in [1.165, 1.54) is 0 Å². The number of nitrogens with one attached hydrogen (secondary N) is 1. The summed E-state index contributed by atoms with van der Waals surface area (Å²) < 4.78 is 28.3. The third-order valence-electron chi connectivity index (χ3n) is 2.64. The third kappa shape index (κ3) is 4.27. The molecule has 0 aliphatic carbocycles. The molecule has 0 saturated carbocycles. The van der Waals surface area contributed by atoms with Crippen LogP contribution < -0.4 is 10.1 Å². The maximum absolute atomic E-state index is 11.6. The van der Waals surface area contributed by atoms with E-state index in [0.29, 0.717) is 19.0 Å². The van der Waals surface area contributed by atoms with Crippen molar-refractivity contribution in [1.82, 2.24) is 10.3 Å². The molecule has 6 heteroatoms. The molecule has 0 bridgehead atoms. The monoisotopic (exact) mass is 272 g/mol. The first kappa shape index (κ1) is 14.9. The van der Waals surface area contributed by atoms with E-state index in [-0.39, 0.29) is 11.0 Å². The molecule has 0 fully saturated rings. The molecule has 0 saturated heterocycles. The Morgan fingerprint density at radius 1 is 1.44 bits per heavy atom. The topological polar surface area (TPSA) is 68.3 Å². The van der Waals surface area contributed by atoms with Crippen molar-refractivity contribution in [3.8, 4) is 5.88 Å². The van der Waals surface area contributed by atoms with Gasteiger partial charge in [0.25, 0.3) is 0 Å². The van der Waals surface area contributed by atoms with E-state index in [4.69, 9.17) is 4.74 Å². The van der Waals surface area contributed by atoms with Crippen molar-refractivity contribution < 1.29 is 13.2 Å². The normalized spacial score (nSPS) is 11.8. The van der Waals surface area contributed by atoms with E-state index in [2.05, 4.69) is 10.3 Å². The Bertz CT molecular complexity index is 472. The van der Waals surface area contributed by atoms with Gasteiger partial charge < -0.3 is 10.1 Å². The Labute approximate surface area is 108 Å². The molecule has 0 amide bonds. The summed E-state index contributed by atoms with van der Waals surface area (Å²) in [6, 6.07) is 3.72. The lowest BCUT2D eigenvalue weighted by atomic mass is 10.2. The summed E-state index contributed by atoms with van der Waals surface area (Å²) in [6.45, 7) is 4.36. The van der Waals surface area contributed by atoms with Crippen molar-refractivity contribution >= 4 is 9.84 Å². The summed E-state index contributed by atoms with van der Waals surface area (Å²) >= 11 is 0. The number of aromatic nitrogens is 1. The van der Waals surface area contributed by atoms with Gasteiger partial charge in [0.1, 0.15) is 0 Å². The average molecular weight is 272 g/mol. The molecule has 102 valence electrons. The molecular formula is C12H20N2O3S. The fraction of sp³-hybridized carbons (Fsp3) is 0.583. The van der Waals surface area contributed by atoms with Crippen LogP contribution in [0, 0.1) is 0 Å². The number of nitrogens with zero attached hydrogens (tertiary/aromatic N) is 1. The van der Waals surface area contributed by atoms with Gasteiger partial charge in [0, 0.05) is 24.8 Å². The second-order valence-corrected chi connectivity index (χ2v) is 6.94. The van der Waals surface area contributed by atoms with Crippen molar-refractivity contribution in [1.29, 1.82) is 0 Å². The Hall–Kier alpha value is -1.14. The highest BCUT2D eigenvalue weighted by Gasteiger charge is 2.15. The zero-order valence-corrected chi connectivity index (χ0v) is 11.8. The molecule has 1 aromatic rings. The number of methoxy groups -OCH3 is 1. The number of sulfone groups is 1. The first-order chi connectivity index (χ1) is 8.47. The molecule has 0 unspecified atom stereocenters. The SMILES string of the molecule is COc1ncccc1CNCCS(=O)(=O)C(C)C. The fourth-order valence-electron chi connectivity index (χ4n) is 1.42. The Kier molecular flexibility index (Phi) is 5.55. The molecule has 0 aliphatic rings. The van der Waals surface area contributed by atoms with Gasteiger partial charge >= 0.3 is 0 Å². The van der Waals surface area contributed by atoms with E-state index >= 15 is 0 Å². The molecule has 0 aliphatic heterocycles. The molecule has 0 radical (unpaired) electrons. The lowest BCUT2D eigenvalue weighted by Crippen LogP contribution is -2.27. The lowest BCUT2D eigenvalue weighted by molar-refractivity contribution is 0.391. The van der Waals surface area contributed by atoms with Crippen LogP contribution in [0.5, 0.6) is 5.88 Å². The predicted molar refractivity (Wildman–Crippen MR) is 71.4 cm³/mol. The molecule has 18 heavy (non-hydrogen) atoms. The largest absolute Gasteiger partial charge is 0.481 e. The van der Waals surface area contributed by atoms with Crippen LogP contribution in [-0.2, 0) is 16.4 Å².